The molecule has 1 aromatic carbocycles. The number of carbonyl (C=O) groups is 1. The maximum Gasteiger partial charge on any atom is 0.119 e. The molecule has 1 heterocycles. The van der Waals surface area contributed by atoms with Crippen LogP contribution < -0.4 is 4.90 Å². The lowest BCUT2D eigenvalue weighted by Gasteiger charge is -2.27. The molecule has 1 aromatic rings. The molecule has 1 atom stereocenters. The molecule has 1 unspecified atom stereocenters. The molecule has 102 valence electrons. The average molecular weight is 259 g/mol. The first kappa shape index (κ1) is 12.5. The van der Waals surface area contributed by atoms with Crippen molar-refractivity contribution >= 4 is 12.0 Å². The average Bonchev–Trinajstić information content (AvgIpc) is 3.10. The van der Waals surface area contributed by atoms with Crippen molar-refractivity contribution in [3.05, 3.63) is 23.8 Å². The minimum Gasteiger partial charge on any atom is -0.508 e. The van der Waals surface area contributed by atoms with Crippen LogP contribution in [0.15, 0.2) is 18.2 Å². The summed E-state index contributed by atoms with van der Waals surface area (Å²) >= 11 is 0. The molecule has 1 aliphatic carbocycles. The van der Waals surface area contributed by atoms with Crippen LogP contribution in [0.3, 0.4) is 0 Å². The van der Waals surface area contributed by atoms with Gasteiger partial charge in [0.15, 0.2) is 0 Å². The van der Waals surface area contributed by atoms with E-state index in [9.17, 15) is 9.90 Å². The van der Waals surface area contributed by atoms with Gasteiger partial charge in [0, 0.05) is 30.1 Å². The van der Waals surface area contributed by atoms with Crippen LogP contribution in [-0.4, -0.2) is 24.0 Å². The molecule has 1 spiro atoms. The van der Waals surface area contributed by atoms with Crippen LogP contribution in [0.1, 0.15) is 44.6 Å². The summed E-state index contributed by atoms with van der Waals surface area (Å²) in [6, 6.07) is 6.24. The van der Waals surface area contributed by atoms with E-state index in [-0.39, 0.29) is 0 Å². The number of benzene rings is 1. The van der Waals surface area contributed by atoms with Crippen molar-refractivity contribution in [3.63, 3.8) is 0 Å². The number of aldehydes is 1. The summed E-state index contributed by atoms with van der Waals surface area (Å²) in [7, 11) is 0. The molecule has 1 saturated carbocycles. The summed E-state index contributed by atoms with van der Waals surface area (Å²) in [5.41, 5.74) is 2.93. The lowest BCUT2D eigenvalue weighted by Crippen LogP contribution is -2.33. The van der Waals surface area contributed by atoms with E-state index in [1.165, 1.54) is 24.1 Å². The van der Waals surface area contributed by atoms with Gasteiger partial charge in [-0.25, -0.2) is 0 Å². The quantitative estimate of drug-likeness (QED) is 0.653. The molecule has 0 aromatic heterocycles. The van der Waals surface area contributed by atoms with Gasteiger partial charge in [-0.15, -0.1) is 0 Å². The van der Waals surface area contributed by atoms with E-state index in [0.29, 0.717) is 23.6 Å². The SMILES string of the molecule is CC(CCCC=O)N1CC2(CC2)c2cc(O)ccc21. The van der Waals surface area contributed by atoms with Crippen LogP contribution in [0, 0.1) is 0 Å². The zero-order valence-electron chi connectivity index (χ0n) is 11.4. The van der Waals surface area contributed by atoms with Gasteiger partial charge in [-0.05, 0) is 56.4 Å². The summed E-state index contributed by atoms with van der Waals surface area (Å²) < 4.78 is 0. The molecule has 0 bridgehead atoms. The molecule has 2 aliphatic rings. The van der Waals surface area contributed by atoms with Gasteiger partial charge in [-0.3, -0.25) is 0 Å². The Morgan fingerprint density at radius 2 is 2.26 bits per heavy atom. The second-order valence-corrected chi connectivity index (χ2v) is 6.06. The molecule has 0 saturated heterocycles. The Kier molecular flexibility index (Phi) is 3.00. The van der Waals surface area contributed by atoms with Crippen molar-refractivity contribution in [2.75, 3.05) is 11.4 Å². The van der Waals surface area contributed by atoms with E-state index in [2.05, 4.69) is 11.8 Å². The molecule has 1 aliphatic heterocycles. The lowest BCUT2D eigenvalue weighted by atomic mass is 9.98. The highest BCUT2D eigenvalue weighted by Crippen LogP contribution is 2.57. The molecule has 3 nitrogen and oxygen atoms in total. The van der Waals surface area contributed by atoms with Gasteiger partial charge in [-0.1, -0.05) is 0 Å². The van der Waals surface area contributed by atoms with E-state index in [4.69, 9.17) is 0 Å². The van der Waals surface area contributed by atoms with Crippen LogP contribution in [0.2, 0.25) is 0 Å². The van der Waals surface area contributed by atoms with Crippen molar-refractivity contribution in [2.24, 2.45) is 0 Å². The normalized spacial score (nSPS) is 20.4. The van der Waals surface area contributed by atoms with E-state index in [1.807, 2.05) is 12.1 Å². The summed E-state index contributed by atoms with van der Waals surface area (Å²) in [6.45, 7) is 3.32. The highest BCUT2D eigenvalue weighted by molar-refractivity contribution is 5.67. The fourth-order valence-electron chi connectivity index (χ4n) is 3.32. The number of phenols is 1. The maximum atomic E-state index is 10.4. The zero-order chi connectivity index (χ0) is 13.5. The van der Waals surface area contributed by atoms with Crippen molar-refractivity contribution < 1.29 is 9.90 Å². The molecule has 1 N–H and O–H groups in total. The minimum absolute atomic E-state index is 0.312. The monoisotopic (exact) mass is 259 g/mol. The number of hydrogen-bond acceptors (Lipinski definition) is 3. The number of nitrogens with zero attached hydrogens (tertiary/aromatic N) is 1. The molecule has 19 heavy (non-hydrogen) atoms. The first-order valence-electron chi connectivity index (χ1n) is 7.20. The number of phenolic OH excluding ortho intramolecular Hbond substituents is 1. The Hall–Kier alpha value is -1.51. The summed E-state index contributed by atoms with van der Waals surface area (Å²) in [5.74, 6) is 0.375. The fraction of sp³-hybridized carbons (Fsp3) is 0.562. The second kappa shape index (κ2) is 4.55. The van der Waals surface area contributed by atoms with Gasteiger partial charge in [0.1, 0.15) is 12.0 Å². The number of rotatable bonds is 5. The maximum absolute atomic E-state index is 10.4. The summed E-state index contributed by atoms with van der Waals surface area (Å²) in [5, 5.41) is 9.70. The summed E-state index contributed by atoms with van der Waals surface area (Å²) in [4.78, 5) is 12.9. The first-order valence-corrected chi connectivity index (χ1v) is 7.20. The molecule has 0 amide bonds. The number of anilines is 1. The predicted octanol–water partition coefficient (Wildman–Crippen LogP) is 3.00. The summed E-state index contributed by atoms with van der Waals surface area (Å²) in [6.07, 6.45) is 6.15. The number of unbranched alkanes of at least 4 members (excludes halogenated alkanes) is 1. The van der Waals surface area contributed by atoms with E-state index >= 15 is 0 Å². The van der Waals surface area contributed by atoms with Crippen LogP contribution in [0.25, 0.3) is 0 Å². The van der Waals surface area contributed by atoms with E-state index in [0.717, 1.165) is 25.7 Å². The van der Waals surface area contributed by atoms with Crippen LogP contribution in [0.5, 0.6) is 5.75 Å². The Morgan fingerprint density at radius 1 is 1.47 bits per heavy atom. The molecule has 1 fully saturated rings. The van der Waals surface area contributed by atoms with Gasteiger partial charge in [0.2, 0.25) is 0 Å². The third kappa shape index (κ3) is 2.11. The Morgan fingerprint density at radius 3 is 2.95 bits per heavy atom. The van der Waals surface area contributed by atoms with Gasteiger partial charge in [0.25, 0.3) is 0 Å². The second-order valence-electron chi connectivity index (χ2n) is 6.06. The standard InChI is InChI=1S/C16H21NO2/c1-12(4-2-3-9-18)17-11-16(7-8-16)14-10-13(19)5-6-15(14)17/h5-6,9-10,12,19H,2-4,7-8,11H2,1H3. The van der Waals surface area contributed by atoms with Crippen molar-refractivity contribution in [1.82, 2.24) is 0 Å². The molecular weight excluding hydrogens is 238 g/mol. The number of hydrogen-bond donors (Lipinski definition) is 1. The van der Waals surface area contributed by atoms with E-state index in [1.54, 1.807) is 6.07 Å². The van der Waals surface area contributed by atoms with Crippen molar-refractivity contribution in [1.29, 1.82) is 0 Å². The van der Waals surface area contributed by atoms with Crippen LogP contribution >= 0.6 is 0 Å². The number of fused-ring (bicyclic) bond motifs is 2. The van der Waals surface area contributed by atoms with Crippen LogP contribution in [-0.2, 0) is 10.2 Å². The smallest absolute Gasteiger partial charge is 0.119 e. The van der Waals surface area contributed by atoms with Crippen LogP contribution in [0.4, 0.5) is 5.69 Å². The highest BCUT2D eigenvalue weighted by Gasteiger charge is 2.52. The molecule has 3 heteroatoms. The third-order valence-electron chi connectivity index (χ3n) is 4.66. The highest BCUT2D eigenvalue weighted by atomic mass is 16.3. The predicted molar refractivity (Wildman–Crippen MR) is 75.7 cm³/mol. The first-order chi connectivity index (χ1) is 9.16. The van der Waals surface area contributed by atoms with Crippen molar-refractivity contribution in [2.45, 2.75) is 50.5 Å². The minimum atomic E-state index is 0.312. The van der Waals surface area contributed by atoms with Crippen molar-refractivity contribution in [3.8, 4) is 5.75 Å². The largest absolute Gasteiger partial charge is 0.508 e. The molecule has 3 rings (SSSR count). The molecule has 0 radical (unpaired) electrons. The third-order valence-corrected chi connectivity index (χ3v) is 4.66. The van der Waals surface area contributed by atoms with Gasteiger partial charge >= 0.3 is 0 Å². The Labute approximate surface area is 114 Å². The topological polar surface area (TPSA) is 40.5 Å². The number of carbonyl (C=O) groups excluding carboxylic acids is 1. The van der Waals surface area contributed by atoms with Gasteiger partial charge in [0.05, 0.1) is 0 Å². The number of aromatic hydroxyl groups is 1. The van der Waals surface area contributed by atoms with E-state index < -0.39 is 0 Å². The molecular formula is C16H21NO2. The van der Waals surface area contributed by atoms with Gasteiger partial charge in [-0.2, -0.15) is 0 Å². The fourth-order valence-corrected chi connectivity index (χ4v) is 3.32. The Bertz CT molecular complexity index is 494. The zero-order valence-corrected chi connectivity index (χ0v) is 11.4. The van der Waals surface area contributed by atoms with Gasteiger partial charge < -0.3 is 14.8 Å². The lowest BCUT2D eigenvalue weighted by molar-refractivity contribution is -0.107. The Balaban J connectivity index is 1.80.